The minimum Gasteiger partial charge on any atom is -0.324 e. The van der Waals surface area contributed by atoms with Crippen LogP contribution in [-0.2, 0) is 0 Å². The van der Waals surface area contributed by atoms with Crippen molar-refractivity contribution in [3.05, 3.63) is 22.8 Å². The monoisotopic (exact) mass is 153 g/mol. The van der Waals surface area contributed by atoms with Gasteiger partial charge in [-0.15, -0.1) is 0 Å². The average Bonchev–Trinajstić information content (AvgIpc) is 1.81. The molecule has 0 aliphatic rings. The van der Waals surface area contributed by atoms with Gasteiger partial charge in [-0.3, -0.25) is 0 Å². The van der Waals surface area contributed by atoms with Crippen LogP contribution in [0.1, 0.15) is 34.6 Å². The van der Waals surface area contributed by atoms with Gasteiger partial charge in [0.25, 0.3) is 0 Å². The summed E-state index contributed by atoms with van der Waals surface area (Å²) >= 11 is 0. The van der Waals surface area contributed by atoms with Gasteiger partial charge in [0.05, 0.1) is 0 Å². The van der Waals surface area contributed by atoms with E-state index in [1.54, 1.807) is 0 Å². The number of rotatable bonds is 2. The Balaban J connectivity index is 4.66. The van der Waals surface area contributed by atoms with Crippen molar-refractivity contribution in [2.24, 2.45) is 5.73 Å². The Morgan fingerprint density at radius 2 is 1.64 bits per heavy atom. The highest BCUT2D eigenvalue weighted by Crippen LogP contribution is 2.10. The van der Waals surface area contributed by atoms with Gasteiger partial charge >= 0.3 is 0 Å². The lowest BCUT2D eigenvalue weighted by molar-refractivity contribution is 0.867. The highest BCUT2D eigenvalue weighted by atomic mass is 14.6. The van der Waals surface area contributed by atoms with Crippen molar-refractivity contribution in [2.75, 3.05) is 0 Å². The van der Waals surface area contributed by atoms with Gasteiger partial charge in [0.2, 0.25) is 0 Å². The second-order valence-corrected chi connectivity index (χ2v) is 3.47. The average molecular weight is 153 g/mol. The number of allylic oxidation sites excluding steroid dienone is 2. The van der Waals surface area contributed by atoms with Gasteiger partial charge in [0, 0.05) is 6.04 Å². The Morgan fingerprint density at radius 3 is 1.73 bits per heavy atom. The van der Waals surface area contributed by atoms with Gasteiger partial charge in [-0.1, -0.05) is 17.2 Å². The highest BCUT2D eigenvalue weighted by Gasteiger charge is 2.00. The molecule has 2 N–H and O–H groups in total. The van der Waals surface area contributed by atoms with E-state index in [0.717, 1.165) is 0 Å². The fourth-order valence-electron chi connectivity index (χ4n) is 1.04. The summed E-state index contributed by atoms with van der Waals surface area (Å²) in [6.07, 6.45) is 2.15. The van der Waals surface area contributed by atoms with Crippen LogP contribution in [0.4, 0.5) is 0 Å². The van der Waals surface area contributed by atoms with E-state index in [1.807, 2.05) is 6.92 Å². The maximum atomic E-state index is 5.78. The van der Waals surface area contributed by atoms with Crippen molar-refractivity contribution in [3.63, 3.8) is 0 Å². The first-order chi connectivity index (χ1) is 4.95. The molecule has 0 aromatic heterocycles. The Morgan fingerprint density at radius 1 is 1.18 bits per heavy atom. The fourth-order valence-corrected chi connectivity index (χ4v) is 1.04. The zero-order valence-corrected chi connectivity index (χ0v) is 8.23. The first-order valence-corrected chi connectivity index (χ1v) is 4.03. The summed E-state index contributed by atoms with van der Waals surface area (Å²) in [5, 5.41) is 0. The van der Waals surface area contributed by atoms with E-state index >= 15 is 0 Å². The van der Waals surface area contributed by atoms with Crippen LogP contribution in [0, 0.1) is 0 Å². The molecule has 11 heavy (non-hydrogen) atoms. The van der Waals surface area contributed by atoms with Crippen molar-refractivity contribution in [1.29, 1.82) is 0 Å². The highest BCUT2D eigenvalue weighted by molar-refractivity contribution is 5.29. The normalized spacial score (nSPS) is 12.2. The molecule has 0 fully saturated rings. The smallest absolute Gasteiger partial charge is 0.0265 e. The molecule has 0 aliphatic heterocycles. The molecule has 64 valence electrons. The number of hydrogen-bond acceptors (Lipinski definition) is 1. The predicted octanol–water partition coefficient (Wildman–Crippen LogP) is 2.64. The SMILES string of the molecule is CC(C)=CC(=C(C)C)C(C)N. The van der Waals surface area contributed by atoms with Crippen molar-refractivity contribution in [2.45, 2.75) is 40.7 Å². The van der Waals surface area contributed by atoms with Gasteiger partial charge in [-0.2, -0.15) is 0 Å². The topological polar surface area (TPSA) is 26.0 Å². The molecule has 0 amide bonds. The largest absolute Gasteiger partial charge is 0.324 e. The molecule has 0 spiro atoms. The molecule has 0 bridgehead atoms. The number of nitrogens with two attached hydrogens (primary N) is 1. The van der Waals surface area contributed by atoms with E-state index in [-0.39, 0.29) is 6.04 Å². The third-order valence-corrected chi connectivity index (χ3v) is 1.51. The van der Waals surface area contributed by atoms with Gasteiger partial charge in [-0.05, 0) is 40.2 Å². The Labute approximate surface area is 70.0 Å². The Kier molecular flexibility index (Phi) is 4.12. The van der Waals surface area contributed by atoms with E-state index in [2.05, 4.69) is 33.8 Å². The standard InChI is InChI=1S/C10H19N/c1-7(2)6-10(8(3)4)9(5)11/h6,9H,11H2,1-5H3. The minimum atomic E-state index is 0.148. The second-order valence-electron chi connectivity index (χ2n) is 3.47. The summed E-state index contributed by atoms with van der Waals surface area (Å²) in [6, 6.07) is 0.148. The summed E-state index contributed by atoms with van der Waals surface area (Å²) in [7, 11) is 0. The molecule has 0 aromatic rings. The van der Waals surface area contributed by atoms with Crippen LogP contribution < -0.4 is 5.73 Å². The summed E-state index contributed by atoms with van der Waals surface area (Å²) in [6.45, 7) is 10.4. The van der Waals surface area contributed by atoms with Crippen molar-refractivity contribution in [1.82, 2.24) is 0 Å². The van der Waals surface area contributed by atoms with Crippen molar-refractivity contribution in [3.8, 4) is 0 Å². The van der Waals surface area contributed by atoms with Crippen LogP contribution in [0.15, 0.2) is 22.8 Å². The molecular weight excluding hydrogens is 134 g/mol. The molecule has 1 heteroatoms. The molecule has 1 nitrogen and oxygen atoms in total. The molecule has 0 heterocycles. The summed E-state index contributed by atoms with van der Waals surface area (Å²) in [5.41, 5.74) is 9.65. The van der Waals surface area contributed by atoms with Gasteiger partial charge in [-0.25, -0.2) is 0 Å². The minimum absolute atomic E-state index is 0.148. The third kappa shape index (κ3) is 3.99. The molecule has 1 atom stereocenters. The number of hydrogen-bond donors (Lipinski definition) is 1. The zero-order chi connectivity index (χ0) is 9.02. The van der Waals surface area contributed by atoms with Gasteiger partial charge < -0.3 is 5.73 Å². The lowest BCUT2D eigenvalue weighted by Crippen LogP contribution is -2.17. The van der Waals surface area contributed by atoms with Crippen LogP contribution in [0.5, 0.6) is 0 Å². The lowest BCUT2D eigenvalue weighted by Gasteiger charge is -2.09. The molecule has 1 unspecified atom stereocenters. The van der Waals surface area contributed by atoms with E-state index in [1.165, 1.54) is 16.7 Å². The Bertz CT molecular complexity index is 177. The molecule has 0 saturated heterocycles. The molecule has 0 radical (unpaired) electrons. The van der Waals surface area contributed by atoms with E-state index in [4.69, 9.17) is 5.73 Å². The predicted molar refractivity (Wildman–Crippen MR) is 51.5 cm³/mol. The van der Waals surface area contributed by atoms with E-state index in [0.29, 0.717) is 0 Å². The Hall–Kier alpha value is -0.560. The van der Waals surface area contributed by atoms with Crippen LogP contribution in [-0.4, -0.2) is 6.04 Å². The first-order valence-electron chi connectivity index (χ1n) is 4.03. The quantitative estimate of drug-likeness (QED) is 0.606. The summed E-state index contributed by atoms with van der Waals surface area (Å²) < 4.78 is 0. The van der Waals surface area contributed by atoms with Gasteiger partial charge in [0.1, 0.15) is 0 Å². The van der Waals surface area contributed by atoms with E-state index < -0.39 is 0 Å². The fraction of sp³-hybridized carbons (Fsp3) is 0.600. The zero-order valence-electron chi connectivity index (χ0n) is 8.23. The van der Waals surface area contributed by atoms with Crippen LogP contribution in [0.3, 0.4) is 0 Å². The summed E-state index contributed by atoms with van der Waals surface area (Å²) in [5.74, 6) is 0. The van der Waals surface area contributed by atoms with Crippen LogP contribution >= 0.6 is 0 Å². The molecular formula is C10H19N. The maximum Gasteiger partial charge on any atom is 0.0265 e. The van der Waals surface area contributed by atoms with E-state index in [9.17, 15) is 0 Å². The molecule has 0 saturated carbocycles. The second kappa shape index (κ2) is 4.35. The maximum absolute atomic E-state index is 5.78. The summed E-state index contributed by atoms with van der Waals surface area (Å²) in [4.78, 5) is 0. The van der Waals surface area contributed by atoms with Gasteiger partial charge in [0.15, 0.2) is 0 Å². The first kappa shape index (κ1) is 10.4. The molecule has 0 aromatic carbocycles. The molecule has 0 aliphatic carbocycles. The third-order valence-electron chi connectivity index (χ3n) is 1.51. The van der Waals surface area contributed by atoms with Crippen LogP contribution in [0.2, 0.25) is 0 Å². The van der Waals surface area contributed by atoms with Crippen molar-refractivity contribution >= 4 is 0 Å². The van der Waals surface area contributed by atoms with Crippen LogP contribution in [0.25, 0.3) is 0 Å². The molecule has 0 rings (SSSR count). The lowest BCUT2D eigenvalue weighted by atomic mass is 10.0. The van der Waals surface area contributed by atoms with Crippen molar-refractivity contribution < 1.29 is 0 Å².